The molecule has 2 unspecified atom stereocenters. The van der Waals surface area contributed by atoms with Crippen molar-refractivity contribution in [2.24, 2.45) is 0 Å². The maximum absolute atomic E-state index is 10.2. The highest BCUT2D eigenvalue weighted by molar-refractivity contribution is 5.26. The minimum atomic E-state index is -0.484. The lowest BCUT2D eigenvalue weighted by Gasteiger charge is -2.22. The molecule has 0 saturated heterocycles. The van der Waals surface area contributed by atoms with Crippen LogP contribution in [0, 0.1) is 0 Å². The predicted octanol–water partition coefficient (Wildman–Crippen LogP) is 1.85. The molecule has 0 radical (unpaired) electrons. The zero-order valence-corrected chi connectivity index (χ0v) is 14.3. The Morgan fingerprint density at radius 2 is 2.35 bits per heavy atom. The molecule has 6 heteroatoms. The van der Waals surface area contributed by atoms with E-state index in [2.05, 4.69) is 40.6 Å². The fraction of sp³-hybridized carbons (Fsp3) is 0.647. The molecule has 1 aliphatic rings. The lowest BCUT2D eigenvalue weighted by molar-refractivity contribution is 0.0141. The number of aliphatic hydroxyl groups excluding tert-OH is 1. The lowest BCUT2D eigenvalue weighted by atomic mass is 9.97. The van der Waals surface area contributed by atoms with Gasteiger partial charge in [-0.3, -0.25) is 4.90 Å². The van der Waals surface area contributed by atoms with Gasteiger partial charge in [-0.05, 0) is 46.8 Å². The number of hydrogen-bond donors (Lipinski definition) is 2. The summed E-state index contributed by atoms with van der Waals surface area (Å²) in [6.07, 6.45) is 9.02. The number of aromatic nitrogens is 2. The Kier molecular flexibility index (Phi) is 6.95. The van der Waals surface area contributed by atoms with Crippen LogP contribution < -0.4 is 5.32 Å². The number of aryl methyl sites for hydroxylation is 1. The van der Waals surface area contributed by atoms with E-state index in [-0.39, 0.29) is 5.92 Å². The van der Waals surface area contributed by atoms with E-state index < -0.39 is 6.23 Å². The summed E-state index contributed by atoms with van der Waals surface area (Å²) >= 11 is 0. The maximum Gasteiger partial charge on any atom is 0.226 e. The fourth-order valence-corrected chi connectivity index (χ4v) is 2.57. The van der Waals surface area contributed by atoms with Crippen molar-refractivity contribution in [1.82, 2.24) is 20.4 Å². The third-order valence-electron chi connectivity index (χ3n) is 4.16. The van der Waals surface area contributed by atoms with Crippen LogP contribution in [0.5, 0.6) is 0 Å². The molecule has 1 aromatic rings. The molecule has 2 N–H and O–H groups in total. The van der Waals surface area contributed by atoms with E-state index in [1.54, 1.807) is 0 Å². The first-order valence-electron chi connectivity index (χ1n) is 8.30. The summed E-state index contributed by atoms with van der Waals surface area (Å²) in [6, 6.07) is 0. The molecule has 23 heavy (non-hydrogen) atoms. The van der Waals surface area contributed by atoms with Gasteiger partial charge in [0, 0.05) is 18.9 Å². The smallest absolute Gasteiger partial charge is 0.226 e. The van der Waals surface area contributed by atoms with Crippen LogP contribution in [-0.2, 0) is 6.42 Å². The van der Waals surface area contributed by atoms with Gasteiger partial charge in [0.15, 0.2) is 5.82 Å². The minimum Gasteiger partial charge on any atom is -0.378 e. The summed E-state index contributed by atoms with van der Waals surface area (Å²) in [5, 5.41) is 17.3. The average Bonchev–Trinajstić information content (AvgIpc) is 3.02. The zero-order valence-electron chi connectivity index (χ0n) is 14.3. The largest absolute Gasteiger partial charge is 0.378 e. The van der Waals surface area contributed by atoms with Crippen LogP contribution in [-0.4, -0.2) is 53.6 Å². The third kappa shape index (κ3) is 5.57. The highest BCUT2D eigenvalue weighted by Gasteiger charge is 2.18. The Morgan fingerprint density at radius 1 is 1.52 bits per heavy atom. The monoisotopic (exact) mass is 320 g/mol. The summed E-state index contributed by atoms with van der Waals surface area (Å²) in [6.45, 7) is 3.89. The van der Waals surface area contributed by atoms with Gasteiger partial charge in [-0.25, -0.2) is 0 Å². The van der Waals surface area contributed by atoms with Gasteiger partial charge < -0.3 is 14.9 Å². The average molecular weight is 320 g/mol. The molecule has 1 heterocycles. The standard InChI is InChI=1S/C17H28N4O2/c1-13-5-7-14(8-6-13)17-19-15(23-20-17)9-10-16(22)21(3)12-4-11-18-2/h5-7,14,16,18,22H,4,8-12H2,1-3H3. The van der Waals surface area contributed by atoms with E-state index in [1.165, 1.54) is 5.57 Å². The molecule has 128 valence electrons. The lowest BCUT2D eigenvalue weighted by Crippen LogP contribution is -2.33. The summed E-state index contributed by atoms with van der Waals surface area (Å²) < 4.78 is 5.32. The van der Waals surface area contributed by atoms with Gasteiger partial charge in [-0.15, -0.1) is 0 Å². The molecule has 6 nitrogen and oxygen atoms in total. The van der Waals surface area contributed by atoms with Gasteiger partial charge in [0.25, 0.3) is 0 Å². The third-order valence-corrected chi connectivity index (χ3v) is 4.16. The Hall–Kier alpha value is -1.50. The normalized spacial score (nSPS) is 19.2. The van der Waals surface area contributed by atoms with E-state index in [4.69, 9.17) is 4.52 Å². The van der Waals surface area contributed by atoms with Crippen molar-refractivity contribution in [3.8, 4) is 0 Å². The van der Waals surface area contributed by atoms with Crippen LogP contribution in [0.25, 0.3) is 0 Å². The van der Waals surface area contributed by atoms with Gasteiger partial charge in [0.05, 0.1) is 0 Å². The highest BCUT2D eigenvalue weighted by atomic mass is 16.5. The topological polar surface area (TPSA) is 74.4 Å². The highest BCUT2D eigenvalue weighted by Crippen LogP contribution is 2.24. The zero-order chi connectivity index (χ0) is 16.7. The van der Waals surface area contributed by atoms with Gasteiger partial charge >= 0.3 is 0 Å². The Bertz CT molecular complexity index is 538. The minimum absolute atomic E-state index is 0.199. The van der Waals surface area contributed by atoms with Crippen molar-refractivity contribution in [2.75, 3.05) is 27.2 Å². The van der Waals surface area contributed by atoms with Gasteiger partial charge in [-0.2, -0.15) is 4.98 Å². The van der Waals surface area contributed by atoms with E-state index in [0.717, 1.165) is 31.8 Å². The molecule has 0 spiro atoms. The number of rotatable bonds is 9. The second kappa shape index (κ2) is 8.96. The van der Waals surface area contributed by atoms with Gasteiger partial charge in [0.1, 0.15) is 6.23 Å². The molecule has 0 bridgehead atoms. The molecule has 0 aromatic carbocycles. The Balaban J connectivity index is 1.77. The summed E-state index contributed by atoms with van der Waals surface area (Å²) in [5.74, 6) is 1.53. The second-order valence-corrected chi connectivity index (χ2v) is 6.15. The van der Waals surface area contributed by atoms with Gasteiger partial charge in [-0.1, -0.05) is 29.0 Å². The first-order valence-corrected chi connectivity index (χ1v) is 8.30. The van der Waals surface area contributed by atoms with Crippen LogP contribution in [0.1, 0.15) is 43.8 Å². The molecular formula is C17H28N4O2. The molecule has 2 rings (SSSR count). The molecule has 0 amide bonds. The quantitative estimate of drug-likeness (QED) is 0.534. The van der Waals surface area contributed by atoms with E-state index in [9.17, 15) is 5.11 Å². The number of aliphatic hydroxyl groups is 1. The SMILES string of the molecule is CNCCCN(C)C(O)CCc1nc(C2C=CC(C)=CC2)no1. The van der Waals surface area contributed by atoms with Crippen LogP contribution in [0.4, 0.5) is 0 Å². The maximum atomic E-state index is 10.2. The van der Waals surface area contributed by atoms with Crippen molar-refractivity contribution in [3.05, 3.63) is 35.5 Å². The van der Waals surface area contributed by atoms with Crippen molar-refractivity contribution in [3.63, 3.8) is 0 Å². The molecule has 0 aliphatic heterocycles. The van der Waals surface area contributed by atoms with Crippen molar-refractivity contribution in [1.29, 1.82) is 0 Å². The van der Waals surface area contributed by atoms with Crippen LogP contribution in [0.3, 0.4) is 0 Å². The number of nitrogens with zero attached hydrogens (tertiary/aromatic N) is 3. The summed E-state index contributed by atoms with van der Waals surface area (Å²) in [4.78, 5) is 6.42. The Labute approximate surface area is 138 Å². The molecule has 1 aromatic heterocycles. The second-order valence-electron chi connectivity index (χ2n) is 6.15. The summed E-state index contributed by atoms with van der Waals surface area (Å²) in [7, 11) is 3.86. The van der Waals surface area contributed by atoms with E-state index in [0.29, 0.717) is 18.7 Å². The van der Waals surface area contributed by atoms with Crippen molar-refractivity contribution >= 4 is 0 Å². The van der Waals surface area contributed by atoms with Crippen LogP contribution in [0.15, 0.2) is 28.3 Å². The van der Waals surface area contributed by atoms with Crippen LogP contribution in [0.2, 0.25) is 0 Å². The van der Waals surface area contributed by atoms with Crippen molar-refractivity contribution < 1.29 is 9.63 Å². The van der Waals surface area contributed by atoms with Crippen molar-refractivity contribution in [2.45, 2.75) is 44.8 Å². The Morgan fingerprint density at radius 3 is 3.04 bits per heavy atom. The van der Waals surface area contributed by atoms with E-state index in [1.807, 2.05) is 19.0 Å². The number of nitrogens with one attached hydrogen (secondary N) is 1. The van der Waals surface area contributed by atoms with E-state index >= 15 is 0 Å². The number of allylic oxidation sites excluding steroid dienone is 4. The molecule has 0 fully saturated rings. The molecular weight excluding hydrogens is 292 g/mol. The molecule has 1 aliphatic carbocycles. The first-order chi connectivity index (χ1) is 11.1. The van der Waals surface area contributed by atoms with Gasteiger partial charge in [0.2, 0.25) is 5.89 Å². The summed E-state index contributed by atoms with van der Waals surface area (Å²) in [5.41, 5.74) is 1.27. The first kappa shape index (κ1) is 17.8. The predicted molar refractivity (Wildman–Crippen MR) is 90.1 cm³/mol. The fourth-order valence-electron chi connectivity index (χ4n) is 2.57. The molecule has 2 atom stereocenters. The molecule has 0 saturated carbocycles. The van der Waals surface area contributed by atoms with Crippen LogP contribution >= 0.6 is 0 Å². The number of hydrogen-bond acceptors (Lipinski definition) is 6.